The number of amides is 1. The van der Waals surface area contributed by atoms with Crippen LogP contribution in [0.4, 0.5) is 4.79 Å². The van der Waals surface area contributed by atoms with Gasteiger partial charge in [-0.3, -0.25) is 14.0 Å². The molecule has 0 aromatic carbocycles. The van der Waals surface area contributed by atoms with Crippen LogP contribution in [0.1, 0.15) is 32.0 Å². The van der Waals surface area contributed by atoms with E-state index in [-0.39, 0.29) is 11.7 Å². The van der Waals surface area contributed by atoms with E-state index in [2.05, 4.69) is 9.97 Å². The Morgan fingerprint density at radius 3 is 2.60 bits per heavy atom. The van der Waals surface area contributed by atoms with Crippen molar-refractivity contribution in [3.63, 3.8) is 0 Å². The highest BCUT2D eigenvalue weighted by Gasteiger charge is 2.29. The maximum Gasteiger partial charge on any atom is 0.410 e. The van der Waals surface area contributed by atoms with Crippen molar-refractivity contribution in [3.8, 4) is 0 Å². The summed E-state index contributed by atoms with van der Waals surface area (Å²) in [6.45, 7) is 6.07. The lowest BCUT2D eigenvalue weighted by molar-refractivity contribution is 0.0240. The van der Waals surface area contributed by atoms with Crippen molar-refractivity contribution in [2.24, 2.45) is 0 Å². The zero-order chi connectivity index (χ0) is 15.1. The Labute approximate surface area is 119 Å². The van der Waals surface area contributed by atoms with Crippen LogP contribution in [0.25, 0.3) is 0 Å². The number of ether oxygens (including phenoxy) is 1. The topological polar surface area (TPSA) is 95.8 Å². The molecule has 8 heteroatoms. The summed E-state index contributed by atoms with van der Waals surface area (Å²) in [5.41, 5.74) is 0.868. The number of nitrogens with zero attached hydrogens (tertiary/aromatic N) is 3. The summed E-state index contributed by atoms with van der Waals surface area (Å²) in [4.78, 5) is 21.6. The Morgan fingerprint density at radius 2 is 2.05 bits per heavy atom. The van der Waals surface area contributed by atoms with Crippen molar-refractivity contribution in [2.75, 3.05) is 6.26 Å². The fourth-order valence-electron chi connectivity index (χ4n) is 1.78. The quantitative estimate of drug-likeness (QED) is 0.774. The Morgan fingerprint density at radius 1 is 1.40 bits per heavy atom. The number of aromatic nitrogens is 2. The molecular formula is C12H19N3O4S. The smallest absolute Gasteiger partial charge is 0.410 e. The molecule has 1 aromatic rings. The van der Waals surface area contributed by atoms with Crippen LogP contribution in [0.3, 0.4) is 0 Å². The van der Waals surface area contributed by atoms with Crippen molar-refractivity contribution >= 4 is 16.7 Å². The molecule has 7 nitrogen and oxygen atoms in total. The van der Waals surface area contributed by atoms with Gasteiger partial charge < -0.3 is 4.74 Å². The van der Waals surface area contributed by atoms with E-state index >= 15 is 0 Å². The molecule has 1 aliphatic rings. The number of carbonyl (C=O) groups excluding carboxylic acids is 1. The number of hydrogen-bond donors (Lipinski definition) is 2. The molecule has 112 valence electrons. The van der Waals surface area contributed by atoms with E-state index in [0.29, 0.717) is 12.2 Å². The van der Waals surface area contributed by atoms with E-state index < -0.39 is 22.3 Å². The van der Waals surface area contributed by atoms with Crippen LogP contribution in [0.5, 0.6) is 0 Å². The van der Waals surface area contributed by atoms with Crippen molar-refractivity contribution in [1.29, 1.82) is 0 Å². The van der Waals surface area contributed by atoms with Gasteiger partial charge >= 0.3 is 6.09 Å². The van der Waals surface area contributed by atoms with Crippen LogP contribution in [0, 0.1) is 0 Å². The average Bonchev–Trinajstić information content (AvgIpc) is 2.67. The molecule has 1 aromatic heterocycles. The minimum absolute atomic E-state index is 0.00212. The number of hydrogen-bond acceptors (Lipinski definition) is 6. The van der Waals surface area contributed by atoms with Gasteiger partial charge in [-0.2, -0.15) is 0 Å². The second-order valence-corrected chi connectivity index (χ2v) is 7.83. The summed E-state index contributed by atoms with van der Waals surface area (Å²) < 4.78 is 24.4. The number of carbonyl (C=O) groups is 1. The monoisotopic (exact) mass is 301 g/mol. The van der Waals surface area contributed by atoms with E-state index in [1.165, 1.54) is 17.4 Å². The third-order valence-corrected chi connectivity index (χ3v) is 3.52. The van der Waals surface area contributed by atoms with Crippen LogP contribution >= 0.6 is 10.6 Å². The third-order valence-electron chi connectivity index (χ3n) is 2.63. The van der Waals surface area contributed by atoms with Gasteiger partial charge in [-0.15, -0.1) is 10.6 Å². The molecule has 0 spiro atoms. The highest BCUT2D eigenvalue weighted by Crippen LogP contribution is 2.41. The highest BCUT2D eigenvalue weighted by atomic mass is 32.3. The fraction of sp³-hybridized carbons (Fsp3) is 0.583. The molecule has 2 heterocycles. The van der Waals surface area contributed by atoms with Gasteiger partial charge in [0.1, 0.15) is 5.60 Å². The maximum absolute atomic E-state index is 12.0. The summed E-state index contributed by atoms with van der Waals surface area (Å²) in [7, 11) is -2.95. The first-order valence-corrected chi connectivity index (χ1v) is 8.08. The van der Waals surface area contributed by atoms with Gasteiger partial charge in [0.15, 0.2) is 0 Å². The molecule has 0 aliphatic carbocycles. The van der Waals surface area contributed by atoms with E-state index in [0.717, 1.165) is 5.56 Å². The van der Waals surface area contributed by atoms with Crippen LogP contribution < -0.4 is 0 Å². The Balaban J connectivity index is 2.14. The van der Waals surface area contributed by atoms with E-state index in [9.17, 15) is 13.9 Å². The molecule has 1 amide bonds. The molecule has 20 heavy (non-hydrogen) atoms. The second kappa shape index (κ2) is 4.87. The largest absolute Gasteiger partial charge is 0.444 e. The average molecular weight is 301 g/mol. The van der Waals surface area contributed by atoms with Crippen LogP contribution in [-0.2, 0) is 17.8 Å². The van der Waals surface area contributed by atoms with Crippen LogP contribution in [0.15, 0.2) is 11.4 Å². The van der Waals surface area contributed by atoms with Gasteiger partial charge in [0.25, 0.3) is 0 Å². The summed E-state index contributed by atoms with van der Waals surface area (Å²) in [6, 6.07) is 0. The first kappa shape index (κ1) is 15.0. The Kier molecular flexibility index (Phi) is 3.66. The van der Waals surface area contributed by atoms with Gasteiger partial charge in [-0.25, -0.2) is 14.8 Å². The molecule has 0 saturated heterocycles. The Bertz CT molecular complexity index is 536. The zero-order valence-electron chi connectivity index (χ0n) is 12.0. The number of fused-ring (bicyclic) bond motifs is 1. The Hall–Kier alpha value is -1.38. The third kappa shape index (κ3) is 3.38. The lowest BCUT2D eigenvalue weighted by atomic mass is 10.2. The molecule has 0 bridgehead atoms. The van der Waals surface area contributed by atoms with Gasteiger partial charge in [0.05, 0.1) is 18.8 Å². The minimum Gasteiger partial charge on any atom is -0.444 e. The molecule has 0 atom stereocenters. The highest BCUT2D eigenvalue weighted by molar-refractivity contribution is 8.23. The van der Waals surface area contributed by atoms with Crippen molar-refractivity contribution in [3.05, 3.63) is 17.5 Å². The molecular weight excluding hydrogens is 282 g/mol. The van der Waals surface area contributed by atoms with Gasteiger partial charge in [0.2, 0.25) is 5.16 Å². The van der Waals surface area contributed by atoms with Crippen molar-refractivity contribution < 1.29 is 18.6 Å². The normalized spacial score (nSPS) is 16.0. The molecule has 2 rings (SSSR count). The maximum atomic E-state index is 12.0. The predicted molar refractivity (Wildman–Crippen MR) is 74.6 cm³/mol. The van der Waals surface area contributed by atoms with Crippen molar-refractivity contribution in [2.45, 2.75) is 44.6 Å². The standard InChI is InChI=1S/C12H19N3O4S/c1-12(2,3)19-11(16)15-6-8-5-13-10(20(4,17)18)14-9(8)7-15/h5,17-18H,6-7H2,1-4H3. The molecule has 0 unspecified atom stereocenters. The summed E-state index contributed by atoms with van der Waals surface area (Å²) in [5, 5.41) is 0.00212. The molecule has 2 N–H and O–H groups in total. The SMILES string of the molecule is CC(C)(C)OC(=O)N1Cc2cnc(S(C)(O)O)nc2C1. The lowest BCUT2D eigenvalue weighted by Crippen LogP contribution is -2.33. The van der Waals surface area contributed by atoms with Crippen LogP contribution in [-0.4, -0.2) is 41.9 Å². The van der Waals surface area contributed by atoms with E-state index in [1.54, 1.807) is 20.8 Å². The first-order valence-electron chi connectivity index (χ1n) is 6.12. The van der Waals surface area contributed by atoms with Gasteiger partial charge in [0, 0.05) is 18.0 Å². The summed E-state index contributed by atoms with van der Waals surface area (Å²) in [6.07, 6.45) is 2.38. The molecule has 0 fully saturated rings. The second-order valence-electron chi connectivity index (χ2n) is 5.79. The van der Waals surface area contributed by atoms with Gasteiger partial charge in [-0.05, 0) is 20.8 Å². The van der Waals surface area contributed by atoms with Gasteiger partial charge in [-0.1, -0.05) is 0 Å². The predicted octanol–water partition coefficient (Wildman–Crippen LogP) is 2.47. The fourth-order valence-corrected chi connectivity index (χ4v) is 2.31. The summed E-state index contributed by atoms with van der Waals surface area (Å²) >= 11 is 0. The zero-order valence-corrected chi connectivity index (χ0v) is 12.8. The molecule has 0 saturated carbocycles. The van der Waals surface area contributed by atoms with Crippen molar-refractivity contribution in [1.82, 2.24) is 14.9 Å². The minimum atomic E-state index is -2.95. The van der Waals surface area contributed by atoms with E-state index in [1.807, 2.05) is 0 Å². The lowest BCUT2D eigenvalue weighted by Gasteiger charge is -2.24. The van der Waals surface area contributed by atoms with Crippen LogP contribution in [0.2, 0.25) is 0 Å². The summed E-state index contributed by atoms with van der Waals surface area (Å²) in [5.74, 6) is 0. The first-order chi connectivity index (χ1) is 9.06. The molecule has 1 aliphatic heterocycles. The molecule has 0 radical (unpaired) electrons. The van der Waals surface area contributed by atoms with E-state index in [4.69, 9.17) is 4.74 Å². The number of rotatable bonds is 1.